The van der Waals surface area contributed by atoms with Crippen molar-refractivity contribution in [2.45, 2.75) is 87.3 Å². The minimum absolute atomic E-state index is 0.118. The maximum atomic E-state index is 9.92. The molecule has 4 heterocycles. The van der Waals surface area contributed by atoms with Gasteiger partial charge in [-0.05, 0) is 31.5 Å². The SMILES string of the molecule is CC.CC.CC.Cc1ccn(CC(CN2CCOCC2)OCc2ccccc2)n1.Cc1ccn(CC(O)CN2CCOCC2)n1. The van der Waals surface area contributed by atoms with E-state index in [2.05, 4.69) is 32.1 Å². The summed E-state index contributed by atoms with van der Waals surface area (Å²) in [6.45, 7) is 26.5. The zero-order valence-electron chi connectivity index (χ0n) is 29.4. The van der Waals surface area contributed by atoms with Crippen molar-refractivity contribution >= 4 is 0 Å². The molecule has 10 nitrogen and oxygen atoms in total. The smallest absolute Gasteiger partial charge is 0.0902 e. The Labute approximate surface area is 273 Å². The van der Waals surface area contributed by atoms with Crippen molar-refractivity contribution in [3.63, 3.8) is 0 Å². The molecular weight excluding hydrogens is 568 g/mol. The molecule has 2 aromatic heterocycles. The van der Waals surface area contributed by atoms with Crippen LogP contribution in [0.3, 0.4) is 0 Å². The summed E-state index contributed by atoms with van der Waals surface area (Å²) in [5.41, 5.74) is 3.23. The van der Waals surface area contributed by atoms with Crippen molar-refractivity contribution in [3.05, 3.63) is 71.8 Å². The topological polar surface area (TPSA) is 90.0 Å². The summed E-state index contributed by atoms with van der Waals surface area (Å²) < 4.78 is 20.7. The summed E-state index contributed by atoms with van der Waals surface area (Å²) in [5.74, 6) is 0. The maximum Gasteiger partial charge on any atom is 0.0902 e. The highest BCUT2D eigenvalue weighted by Crippen LogP contribution is 2.09. The zero-order chi connectivity index (χ0) is 33.3. The van der Waals surface area contributed by atoms with Crippen LogP contribution in [0.25, 0.3) is 0 Å². The first-order chi connectivity index (χ1) is 22.0. The van der Waals surface area contributed by atoms with Gasteiger partial charge in [-0.25, -0.2) is 0 Å². The van der Waals surface area contributed by atoms with Gasteiger partial charge >= 0.3 is 0 Å². The molecule has 2 fully saturated rings. The van der Waals surface area contributed by atoms with Gasteiger partial charge in [0.05, 0.1) is 69.7 Å². The van der Waals surface area contributed by atoms with Crippen LogP contribution in [0.2, 0.25) is 0 Å². The molecule has 0 radical (unpaired) electrons. The van der Waals surface area contributed by atoms with Gasteiger partial charge in [0.15, 0.2) is 0 Å². The largest absolute Gasteiger partial charge is 0.390 e. The summed E-state index contributed by atoms with van der Waals surface area (Å²) in [6.07, 6.45) is 3.68. The molecule has 256 valence electrons. The normalized spacial score (nSPS) is 16.3. The summed E-state index contributed by atoms with van der Waals surface area (Å²) in [4.78, 5) is 4.64. The van der Waals surface area contributed by atoms with Gasteiger partial charge in [0.25, 0.3) is 0 Å². The molecule has 45 heavy (non-hydrogen) atoms. The van der Waals surface area contributed by atoms with E-state index in [-0.39, 0.29) is 12.2 Å². The van der Waals surface area contributed by atoms with Crippen molar-refractivity contribution in [3.8, 4) is 0 Å². The average molecular weight is 631 g/mol. The molecule has 1 aromatic carbocycles. The highest BCUT2D eigenvalue weighted by molar-refractivity contribution is 5.13. The van der Waals surface area contributed by atoms with E-state index in [4.69, 9.17) is 14.2 Å². The summed E-state index contributed by atoms with van der Waals surface area (Å²) in [5, 5.41) is 18.7. The van der Waals surface area contributed by atoms with Crippen molar-refractivity contribution < 1.29 is 19.3 Å². The van der Waals surface area contributed by atoms with E-state index in [0.717, 1.165) is 77.1 Å². The fourth-order valence-corrected chi connectivity index (χ4v) is 4.72. The number of hydrogen-bond donors (Lipinski definition) is 1. The van der Waals surface area contributed by atoms with Crippen molar-refractivity contribution in [2.75, 3.05) is 65.7 Å². The monoisotopic (exact) mass is 630 g/mol. The van der Waals surface area contributed by atoms with Crippen LogP contribution in [0.15, 0.2) is 54.9 Å². The lowest BCUT2D eigenvalue weighted by Crippen LogP contribution is -2.43. The van der Waals surface area contributed by atoms with Gasteiger partial charge in [-0.3, -0.25) is 19.2 Å². The Balaban J connectivity index is 0.000000403. The highest BCUT2D eigenvalue weighted by atomic mass is 16.5. The molecule has 10 heteroatoms. The van der Waals surface area contributed by atoms with Gasteiger partial charge in [0, 0.05) is 51.7 Å². The molecular formula is C35H62N6O4. The first-order valence-electron chi connectivity index (χ1n) is 17.0. The van der Waals surface area contributed by atoms with Gasteiger partial charge in [-0.2, -0.15) is 10.2 Å². The predicted octanol–water partition coefficient (Wildman–Crippen LogP) is 5.07. The molecule has 0 aliphatic carbocycles. The number of aliphatic hydroxyl groups excluding tert-OH is 1. The van der Waals surface area contributed by atoms with Crippen LogP contribution in [-0.2, 0) is 33.9 Å². The number of aliphatic hydroxyl groups is 1. The fourth-order valence-electron chi connectivity index (χ4n) is 4.72. The van der Waals surface area contributed by atoms with E-state index in [1.54, 1.807) is 4.68 Å². The molecule has 2 unspecified atom stereocenters. The van der Waals surface area contributed by atoms with E-state index in [1.165, 1.54) is 5.56 Å². The summed E-state index contributed by atoms with van der Waals surface area (Å²) in [7, 11) is 0. The quantitative estimate of drug-likeness (QED) is 0.314. The number of aryl methyl sites for hydroxylation is 2. The first-order valence-corrected chi connectivity index (χ1v) is 17.0. The lowest BCUT2D eigenvalue weighted by molar-refractivity contribution is -0.0252. The van der Waals surface area contributed by atoms with Gasteiger partial charge in [0.2, 0.25) is 0 Å². The van der Waals surface area contributed by atoms with Crippen LogP contribution in [0.5, 0.6) is 0 Å². The van der Waals surface area contributed by atoms with Crippen molar-refractivity contribution in [1.29, 1.82) is 0 Å². The molecule has 2 saturated heterocycles. The second kappa shape index (κ2) is 25.6. The Bertz CT molecular complexity index is 1070. The molecule has 0 bridgehead atoms. The lowest BCUT2D eigenvalue weighted by Gasteiger charge is -2.30. The van der Waals surface area contributed by atoms with E-state index in [9.17, 15) is 5.11 Å². The van der Waals surface area contributed by atoms with E-state index in [0.29, 0.717) is 19.7 Å². The Morgan fingerprint density at radius 1 is 0.667 bits per heavy atom. The minimum atomic E-state index is -0.364. The molecule has 5 rings (SSSR count). The fraction of sp³-hybridized carbons (Fsp3) is 0.657. The number of benzene rings is 1. The van der Waals surface area contributed by atoms with E-state index >= 15 is 0 Å². The van der Waals surface area contributed by atoms with Crippen LogP contribution in [0, 0.1) is 13.8 Å². The number of morpholine rings is 2. The Hall–Kier alpha value is -2.60. The van der Waals surface area contributed by atoms with Crippen molar-refractivity contribution in [2.24, 2.45) is 0 Å². The molecule has 0 spiro atoms. The zero-order valence-corrected chi connectivity index (χ0v) is 29.4. The molecule has 0 saturated carbocycles. The van der Waals surface area contributed by atoms with Crippen molar-refractivity contribution in [1.82, 2.24) is 29.4 Å². The summed E-state index contributed by atoms with van der Waals surface area (Å²) >= 11 is 0. The van der Waals surface area contributed by atoms with Gasteiger partial charge < -0.3 is 19.3 Å². The van der Waals surface area contributed by atoms with Crippen LogP contribution < -0.4 is 0 Å². The molecule has 2 aliphatic rings. The number of nitrogens with zero attached hydrogens (tertiary/aromatic N) is 6. The molecule has 1 N–H and O–H groups in total. The number of aromatic nitrogens is 4. The lowest BCUT2D eigenvalue weighted by atomic mass is 10.2. The van der Waals surface area contributed by atoms with E-state index in [1.807, 2.05) is 103 Å². The van der Waals surface area contributed by atoms with Crippen LogP contribution in [-0.4, -0.2) is 112 Å². The number of hydrogen-bond acceptors (Lipinski definition) is 8. The standard InChI is InChI=1S/C18H25N3O2.C11H19N3O2.3C2H6/c1-16-7-8-21(19-16)14-18(13-20-9-11-22-12-10-20)23-15-17-5-3-2-4-6-17;1-10-2-3-14(12-10)9-11(15)8-13-4-6-16-7-5-13;3*1-2/h2-8,18H,9-15H2,1H3;2-3,11,15H,4-9H2,1H3;3*1-2H3. The second-order valence-corrected chi connectivity index (χ2v) is 10.3. The molecule has 3 aromatic rings. The second-order valence-electron chi connectivity index (χ2n) is 10.3. The number of β-amino-alcohol motifs (C(OH)–C–C–N with tert-alkyl or cyclic N) is 1. The first kappa shape index (κ1) is 40.4. The van der Waals surface area contributed by atoms with Gasteiger partial charge in [-0.1, -0.05) is 71.9 Å². The van der Waals surface area contributed by atoms with Crippen LogP contribution in [0.4, 0.5) is 0 Å². The summed E-state index contributed by atoms with van der Waals surface area (Å²) in [6, 6.07) is 14.3. The number of rotatable bonds is 11. The van der Waals surface area contributed by atoms with Gasteiger partial charge in [0.1, 0.15) is 0 Å². The Morgan fingerprint density at radius 2 is 1.13 bits per heavy atom. The maximum absolute atomic E-state index is 9.92. The molecule has 2 atom stereocenters. The molecule has 0 amide bonds. The third-order valence-electron chi connectivity index (χ3n) is 6.80. The van der Waals surface area contributed by atoms with Crippen LogP contribution in [0.1, 0.15) is 58.5 Å². The molecule has 2 aliphatic heterocycles. The minimum Gasteiger partial charge on any atom is -0.390 e. The average Bonchev–Trinajstić information content (AvgIpc) is 3.70. The number of ether oxygens (including phenoxy) is 3. The van der Waals surface area contributed by atoms with Gasteiger partial charge in [-0.15, -0.1) is 0 Å². The Morgan fingerprint density at radius 3 is 1.60 bits per heavy atom. The third kappa shape index (κ3) is 17.6. The highest BCUT2D eigenvalue weighted by Gasteiger charge is 2.19. The predicted molar refractivity (Wildman–Crippen MR) is 184 cm³/mol. The van der Waals surface area contributed by atoms with Crippen LogP contribution >= 0.6 is 0 Å². The van der Waals surface area contributed by atoms with E-state index < -0.39 is 0 Å². The Kier molecular flexibility index (Phi) is 23.0. The third-order valence-corrected chi connectivity index (χ3v) is 6.80.